The van der Waals surface area contributed by atoms with Crippen molar-refractivity contribution in [3.63, 3.8) is 0 Å². The van der Waals surface area contributed by atoms with Gasteiger partial charge in [0.2, 0.25) is 0 Å². The molecule has 0 aliphatic carbocycles. The Morgan fingerprint density at radius 2 is 1.17 bits per heavy atom. The van der Waals surface area contributed by atoms with Gasteiger partial charge in [0.15, 0.2) is 22.4 Å². The van der Waals surface area contributed by atoms with Crippen molar-refractivity contribution in [1.29, 1.82) is 0 Å². The molecule has 1 N–H and O–H groups in total. The van der Waals surface area contributed by atoms with Gasteiger partial charge in [-0.3, -0.25) is 0 Å². The molecule has 14 atom stereocenters. The first-order valence-corrected chi connectivity index (χ1v) is 34.8. The van der Waals surface area contributed by atoms with Gasteiger partial charge < -0.3 is 51.9 Å². The van der Waals surface area contributed by atoms with Crippen LogP contribution in [0, 0.1) is 35.5 Å². The fourth-order valence-electron chi connectivity index (χ4n) is 10.4. The summed E-state index contributed by atoms with van der Waals surface area (Å²) in [6.07, 6.45) is 6.56. The van der Waals surface area contributed by atoms with E-state index in [2.05, 4.69) is 121 Å². The van der Waals surface area contributed by atoms with Gasteiger partial charge in [0.25, 0.3) is 0 Å². The molecule has 2 saturated heterocycles. The third-order valence-electron chi connectivity index (χ3n) is 18.3. The molecular weight excluding hydrogens is 977 g/mol. The van der Waals surface area contributed by atoms with Crippen LogP contribution < -0.4 is 9.47 Å². The molecule has 2 fully saturated rings. The predicted octanol–water partition coefficient (Wildman–Crippen LogP) is 15.2. The highest BCUT2D eigenvalue weighted by molar-refractivity contribution is 6.74. The van der Waals surface area contributed by atoms with Gasteiger partial charge in [0.05, 0.1) is 70.2 Å². The fraction of sp³-hybridized carbons (Fsp3) is 0.806. The van der Waals surface area contributed by atoms with Gasteiger partial charge in [-0.1, -0.05) is 114 Å². The highest BCUT2D eigenvalue weighted by Crippen LogP contribution is 2.47. The Bertz CT molecular complexity index is 1910. The monoisotopic (exact) mass is 1090 g/mol. The molecule has 2 aliphatic rings. The minimum absolute atomic E-state index is 0.00153. The van der Waals surface area contributed by atoms with E-state index in [0.717, 1.165) is 74.0 Å². The number of benzene rings is 2. The number of hydrogen-bond acceptors (Lipinski definition) is 11. The maximum absolute atomic E-state index is 11.8. The lowest BCUT2D eigenvalue weighted by atomic mass is 9.79. The van der Waals surface area contributed by atoms with E-state index in [9.17, 15) is 5.11 Å². The minimum Gasteiger partial charge on any atom is -0.497 e. The molecule has 0 amide bonds. The zero-order valence-electron chi connectivity index (χ0n) is 51.2. The Morgan fingerprint density at radius 1 is 0.653 bits per heavy atom. The fourth-order valence-corrected chi connectivity index (χ4v) is 13.2. The van der Waals surface area contributed by atoms with Gasteiger partial charge in [0, 0.05) is 32.3 Å². The molecule has 1 unspecified atom stereocenters. The maximum Gasteiger partial charge on any atom is 0.192 e. The summed E-state index contributed by atoms with van der Waals surface area (Å²) in [6, 6.07) is 16.1. The van der Waals surface area contributed by atoms with Crippen molar-refractivity contribution in [3.8, 4) is 11.5 Å². The van der Waals surface area contributed by atoms with E-state index in [4.69, 9.17) is 46.7 Å². The molecule has 2 heterocycles. The maximum atomic E-state index is 11.8. The quantitative estimate of drug-likeness (QED) is 0.0458. The summed E-state index contributed by atoms with van der Waals surface area (Å²) in [5.41, 5.74) is 2.16. The van der Waals surface area contributed by atoms with Crippen LogP contribution in [0.3, 0.4) is 0 Å². The number of ether oxygens (including phenoxy) is 8. The molecule has 0 saturated carbocycles. The SMILES string of the molecule is COc1ccc(COCOC(C)[C@@H](C)CC[C@@H]2O[C@@]3(CC[C@H]2C)CC[C@H](C)[C@H]([C@H](C)CC[C@H](O[Si](C)(C)C(C)(C)C)[C@H](C)[C@H](C[C@@H](O[Si](C)(C)C(C)(C)C)[C@H](OC)[C@H](O)C(C)C)OCc2ccc(OC)cc2)O3)cc1. The molecule has 0 bridgehead atoms. The summed E-state index contributed by atoms with van der Waals surface area (Å²) in [4.78, 5) is 0. The lowest BCUT2D eigenvalue weighted by Gasteiger charge is -2.51. The van der Waals surface area contributed by atoms with Gasteiger partial charge in [-0.05, 0) is 147 Å². The molecule has 11 nitrogen and oxygen atoms in total. The molecule has 0 aromatic heterocycles. The molecule has 432 valence electrons. The largest absolute Gasteiger partial charge is 0.497 e. The smallest absolute Gasteiger partial charge is 0.192 e. The summed E-state index contributed by atoms with van der Waals surface area (Å²) in [5, 5.41) is 11.7. The molecule has 2 aromatic carbocycles. The number of aliphatic hydroxyl groups is 1. The number of methoxy groups -OCH3 is 3. The zero-order valence-corrected chi connectivity index (χ0v) is 53.2. The Morgan fingerprint density at radius 3 is 1.68 bits per heavy atom. The van der Waals surface area contributed by atoms with Crippen molar-refractivity contribution in [2.75, 3.05) is 28.1 Å². The first-order valence-electron chi connectivity index (χ1n) is 29.0. The average molecular weight is 1090 g/mol. The lowest BCUT2D eigenvalue weighted by Crippen LogP contribution is -2.54. The number of rotatable bonds is 30. The van der Waals surface area contributed by atoms with Crippen molar-refractivity contribution in [3.05, 3.63) is 59.7 Å². The summed E-state index contributed by atoms with van der Waals surface area (Å²) >= 11 is 0. The van der Waals surface area contributed by atoms with Crippen molar-refractivity contribution in [2.45, 2.75) is 259 Å². The van der Waals surface area contributed by atoms with E-state index in [1.54, 1.807) is 21.3 Å². The van der Waals surface area contributed by atoms with E-state index in [1.165, 1.54) is 0 Å². The number of hydrogen-bond donors (Lipinski definition) is 1. The highest BCUT2D eigenvalue weighted by Gasteiger charge is 2.49. The van der Waals surface area contributed by atoms with E-state index >= 15 is 0 Å². The van der Waals surface area contributed by atoms with Crippen molar-refractivity contribution in [1.82, 2.24) is 0 Å². The Balaban J connectivity index is 1.54. The standard InChI is InChI=1S/C62H110O11Si2/c1-42(2)57(63)59(66-17)56(73-75(20,21)61(12,13)14)38-55(68-40-50-26-30-52(65-16)31-27-50)47(7)54(72-74(18,19)60(9,10)11)33-23-45(5)58-46(6)35-37-62(71-58)36-34-44(4)53(70-62)32-22-43(3)48(8)69-41-67-39-49-24-28-51(64-15)29-25-49/h24-31,42-48,53-59,63H,22-23,32-41H2,1-21H3/t43-,44+,45+,46-,47-,48?,53-,54-,55-,56+,57+,58-,59-,62+/m0/s1. The molecule has 4 rings (SSSR count). The summed E-state index contributed by atoms with van der Waals surface area (Å²) in [6.45, 7) is 42.2. The van der Waals surface area contributed by atoms with Gasteiger partial charge in [-0.15, -0.1) is 0 Å². The van der Waals surface area contributed by atoms with E-state index < -0.39 is 40.7 Å². The molecule has 75 heavy (non-hydrogen) atoms. The van der Waals surface area contributed by atoms with Crippen molar-refractivity contribution < 1.29 is 51.9 Å². The second-order valence-corrected chi connectivity index (χ2v) is 36.0. The van der Waals surface area contributed by atoms with Crippen LogP contribution in [0.5, 0.6) is 11.5 Å². The van der Waals surface area contributed by atoms with Crippen LogP contribution in [-0.4, -0.2) is 104 Å². The molecule has 1 spiro atoms. The Kier molecular flexibility index (Phi) is 25.4. The first kappa shape index (κ1) is 65.6. The third-order valence-corrected chi connectivity index (χ3v) is 27.3. The van der Waals surface area contributed by atoms with Gasteiger partial charge >= 0.3 is 0 Å². The lowest BCUT2D eigenvalue weighted by molar-refractivity contribution is -0.338. The van der Waals surface area contributed by atoms with Gasteiger partial charge in [0.1, 0.15) is 24.4 Å². The Labute approximate surface area is 460 Å². The molecule has 13 heteroatoms. The summed E-state index contributed by atoms with van der Waals surface area (Å²) in [7, 11) is 0.440. The molecule has 2 aliphatic heterocycles. The minimum atomic E-state index is -2.35. The topological polar surface area (TPSA) is 113 Å². The van der Waals surface area contributed by atoms with Crippen LogP contribution in [0.1, 0.15) is 166 Å². The van der Waals surface area contributed by atoms with Crippen LogP contribution in [-0.2, 0) is 50.5 Å². The average Bonchev–Trinajstić information content (AvgIpc) is 3.35. The summed E-state index contributed by atoms with van der Waals surface area (Å²) < 4.78 is 65.8. The highest BCUT2D eigenvalue weighted by atomic mass is 28.4. The van der Waals surface area contributed by atoms with Crippen LogP contribution in [0.4, 0.5) is 0 Å². The molecule has 2 aromatic rings. The Hall–Kier alpha value is -1.89. The summed E-state index contributed by atoms with van der Waals surface area (Å²) in [5.74, 6) is 2.53. The van der Waals surface area contributed by atoms with Crippen LogP contribution >= 0.6 is 0 Å². The predicted molar refractivity (Wildman–Crippen MR) is 310 cm³/mol. The van der Waals surface area contributed by atoms with Gasteiger partial charge in [-0.25, -0.2) is 0 Å². The number of aliphatic hydroxyl groups excluding tert-OH is 1. The van der Waals surface area contributed by atoms with Crippen LogP contribution in [0.15, 0.2) is 48.5 Å². The second kappa shape index (κ2) is 29.0. The van der Waals surface area contributed by atoms with E-state index in [1.807, 2.05) is 50.2 Å². The zero-order chi connectivity index (χ0) is 56.1. The van der Waals surface area contributed by atoms with Crippen LogP contribution in [0.2, 0.25) is 36.3 Å². The van der Waals surface area contributed by atoms with E-state index in [0.29, 0.717) is 37.4 Å². The molecular formula is C62H110O11Si2. The third kappa shape index (κ3) is 19.1. The van der Waals surface area contributed by atoms with E-state index in [-0.39, 0.29) is 65.1 Å². The normalized spacial score (nSPS) is 24.8. The van der Waals surface area contributed by atoms with Crippen molar-refractivity contribution >= 4 is 16.6 Å². The van der Waals surface area contributed by atoms with Crippen molar-refractivity contribution in [2.24, 2.45) is 35.5 Å². The second-order valence-electron chi connectivity index (χ2n) is 26.5. The van der Waals surface area contributed by atoms with Gasteiger partial charge in [-0.2, -0.15) is 0 Å². The first-order chi connectivity index (χ1) is 35.0. The van der Waals surface area contributed by atoms with Crippen LogP contribution in [0.25, 0.3) is 0 Å². The molecule has 0 radical (unpaired) electrons.